The second-order valence-electron chi connectivity index (χ2n) is 5.15. The van der Waals surface area contributed by atoms with Gasteiger partial charge in [0.1, 0.15) is 0 Å². The monoisotopic (exact) mass is 220 g/mol. The molecule has 1 fully saturated rings. The van der Waals surface area contributed by atoms with Crippen LogP contribution in [0.4, 0.5) is 5.69 Å². The molecule has 2 rings (SSSR count). The normalized spacial score (nSPS) is 16.0. The number of nitrogens with one attached hydrogen (secondary N) is 1. The van der Waals surface area contributed by atoms with Crippen LogP contribution in [0.1, 0.15) is 32.4 Å². The number of pyridine rings is 1. The fraction of sp³-hybridized carbons (Fsp3) is 0.615. The summed E-state index contributed by atoms with van der Waals surface area (Å²) in [5.74, 6) is 1.60. The van der Waals surface area contributed by atoms with Gasteiger partial charge in [-0.25, -0.2) is 0 Å². The highest BCUT2D eigenvalue weighted by atomic mass is 16.5. The Morgan fingerprint density at radius 2 is 2.12 bits per heavy atom. The van der Waals surface area contributed by atoms with Crippen LogP contribution in [-0.2, 0) is 0 Å². The summed E-state index contributed by atoms with van der Waals surface area (Å²) in [4.78, 5) is 4.24. The van der Waals surface area contributed by atoms with Gasteiger partial charge in [-0.3, -0.25) is 4.98 Å². The maximum atomic E-state index is 5.32. The molecule has 1 aromatic heterocycles. The molecule has 3 heteroatoms. The molecular formula is C13H20N2O. The van der Waals surface area contributed by atoms with Crippen LogP contribution in [-0.4, -0.2) is 17.6 Å². The van der Waals surface area contributed by atoms with Gasteiger partial charge in [0.2, 0.25) is 0 Å². The van der Waals surface area contributed by atoms with Crippen molar-refractivity contribution in [2.24, 2.45) is 5.92 Å². The Morgan fingerprint density at radius 3 is 2.69 bits per heavy atom. The first-order valence-electron chi connectivity index (χ1n) is 5.82. The molecule has 0 spiro atoms. The number of nitrogens with zero attached hydrogens (tertiary/aromatic N) is 1. The van der Waals surface area contributed by atoms with Crippen molar-refractivity contribution < 1.29 is 4.74 Å². The third-order valence-electron chi connectivity index (χ3n) is 3.28. The Hall–Kier alpha value is -1.25. The van der Waals surface area contributed by atoms with E-state index in [1.165, 1.54) is 12.8 Å². The van der Waals surface area contributed by atoms with Gasteiger partial charge in [0.25, 0.3) is 0 Å². The number of hydrogen-bond donors (Lipinski definition) is 1. The van der Waals surface area contributed by atoms with E-state index in [1.807, 2.05) is 13.0 Å². The molecular weight excluding hydrogens is 200 g/mol. The summed E-state index contributed by atoms with van der Waals surface area (Å²) in [6.07, 6.45) is 4.43. The summed E-state index contributed by atoms with van der Waals surface area (Å²) in [6.45, 7) is 6.49. The molecule has 0 atom stereocenters. The number of rotatable bonds is 4. The number of methoxy groups -OCH3 is 1. The van der Waals surface area contributed by atoms with Crippen molar-refractivity contribution in [2.75, 3.05) is 12.4 Å². The summed E-state index contributed by atoms with van der Waals surface area (Å²) < 4.78 is 5.32. The van der Waals surface area contributed by atoms with Gasteiger partial charge < -0.3 is 10.1 Å². The Morgan fingerprint density at radius 1 is 1.44 bits per heavy atom. The molecule has 0 amide bonds. The van der Waals surface area contributed by atoms with Crippen molar-refractivity contribution in [3.8, 4) is 5.75 Å². The van der Waals surface area contributed by atoms with Crippen LogP contribution < -0.4 is 10.1 Å². The third-order valence-corrected chi connectivity index (χ3v) is 3.28. The van der Waals surface area contributed by atoms with E-state index in [4.69, 9.17) is 4.74 Å². The van der Waals surface area contributed by atoms with E-state index in [-0.39, 0.29) is 5.54 Å². The van der Waals surface area contributed by atoms with Crippen molar-refractivity contribution >= 4 is 5.69 Å². The minimum absolute atomic E-state index is 0.140. The lowest BCUT2D eigenvalue weighted by molar-refractivity contribution is 0.410. The maximum absolute atomic E-state index is 5.32. The minimum Gasteiger partial charge on any atom is -0.493 e. The van der Waals surface area contributed by atoms with E-state index in [1.54, 1.807) is 13.3 Å². The second-order valence-corrected chi connectivity index (χ2v) is 5.15. The number of aryl methyl sites for hydroxylation is 1. The van der Waals surface area contributed by atoms with Crippen molar-refractivity contribution in [3.63, 3.8) is 0 Å². The maximum Gasteiger partial charge on any atom is 0.160 e. The highest BCUT2D eigenvalue weighted by Crippen LogP contribution is 2.42. The standard InChI is InChI=1S/C13H20N2O/c1-9-7-11(12(16-4)8-14-9)15-13(2,3)10-5-6-10/h7-8,10H,5-6H2,1-4H3,(H,14,15). The first-order valence-corrected chi connectivity index (χ1v) is 5.82. The topological polar surface area (TPSA) is 34.1 Å². The molecule has 1 aliphatic carbocycles. The molecule has 0 saturated heterocycles. The zero-order valence-corrected chi connectivity index (χ0v) is 10.5. The first kappa shape index (κ1) is 11.2. The SMILES string of the molecule is COc1cnc(C)cc1NC(C)(C)C1CC1. The number of ether oxygens (including phenoxy) is 1. The molecule has 0 bridgehead atoms. The minimum atomic E-state index is 0.140. The Kier molecular flexibility index (Phi) is 2.78. The number of aromatic nitrogens is 1. The van der Waals surface area contributed by atoms with Crippen molar-refractivity contribution in [2.45, 2.75) is 39.2 Å². The van der Waals surface area contributed by atoms with E-state index in [2.05, 4.69) is 24.1 Å². The van der Waals surface area contributed by atoms with Crippen LogP contribution in [0.5, 0.6) is 5.75 Å². The summed E-state index contributed by atoms with van der Waals surface area (Å²) >= 11 is 0. The molecule has 1 aromatic rings. The van der Waals surface area contributed by atoms with Crippen molar-refractivity contribution in [3.05, 3.63) is 18.0 Å². The summed E-state index contributed by atoms with van der Waals surface area (Å²) in [6, 6.07) is 2.04. The van der Waals surface area contributed by atoms with Crippen LogP contribution in [0, 0.1) is 12.8 Å². The molecule has 0 radical (unpaired) electrons. The van der Waals surface area contributed by atoms with Gasteiger partial charge in [-0.2, -0.15) is 0 Å². The quantitative estimate of drug-likeness (QED) is 0.847. The highest BCUT2D eigenvalue weighted by Gasteiger charge is 2.38. The van der Waals surface area contributed by atoms with Gasteiger partial charge in [0, 0.05) is 11.2 Å². The molecule has 88 valence electrons. The fourth-order valence-electron chi connectivity index (χ4n) is 2.06. The zero-order chi connectivity index (χ0) is 11.8. The van der Waals surface area contributed by atoms with E-state index in [0.29, 0.717) is 0 Å². The average molecular weight is 220 g/mol. The van der Waals surface area contributed by atoms with Gasteiger partial charge >= 0.3 is 0 Å². The van der Waals surface area contributed by atoms with Crippen LogP contribution in [0.15, 0.2) is 12.3 Å². The summed E-state index contributed by atoms with van der Waals surface area (Å²) in [7, 11) is 1.68. The van der Waals surface area contributed by atoms with E-state index in [0.717, 1.165) is 23.0 Å². The molecule has 1 aliphatic rings. The van der Waals surface area contributed by atoms with Crippen LogP contribution in [0.2, 0.25) is 0 Å². The predicted molar refractivity (Wildman–Crippen MR) is 66.0 cm³/mol. The molecule has 0 aromatic carbocycles. The van der Waals surface area contributed by atoms with E-state index >= 15 is 0 Å². The van der Waals surface area contributed by atoms with Gasteiger partial charge in [-0.15, -0.1) is 0 Å². The smallest absolute Gasteiger partial charge is 0.160 e. The Bertz CT molecular complexity index is 384. The molecule has 0 aliphatic heterocycles. The van der Waals surface area contributed by atoms with E-state index < -0.39 is 0 Å². The molecule has 3 nitrogen and oxygen atoms in total. The Balaban J connectivity index is 2.21. The lowest BCUT2D eigenvalue weighted by Gasteiger charge is -2.28. The van der Waals surface area contributed by atoms with Crippen LogP contribution in [0.25, 0.3) is 0 Å². The molecule has 0 unspecified atom stereocenters. The number of anilines is 1. The molecule has 1 N–H and O–H groups in total. The lowest BCUT2D eigenvalue weighted by atomic mass is 9.98. The zero-order valence-electron chi connectivity index (χ0n) is 10.5. The molecule has 1 heterocycles. The highest BCUT2D eigenvalue weighted by molar-refractivity contribution is 5.57. The van der Waals surface area contributed by atoms with Crippen LogP contribution in [0.3, 0.4) is 0 Å². The van der Waals surface area contributed by atoms with Crippen molar-refractivity contribution in [1.82, 2.24) is 4.98 Å². The fourth-order valence-corrected chi connectivity index (χ4v) is 2.06. The summed E-state index contributed by atoms with van der Waals surface area (Å²) in [5, 5.41) is 3.58. The first-order chi connectivity index (χ1) is 7.53. The third kappa shape index (κ3) is 2.29. The molecule has 1 saturated carbocycles. The lowest BCUT2D eigenvalue weighted by Crippen LogP contribution is -2.33. The Labute approximate surface area is 97.2 Å². The van der Waals surface area contributed by atoms with E-state index in [9.17, 15) is 0 Å². The average Bonchev–Trinajstić information content (AvgIpc) is 3.00. The largest absolute Gasteiger partial charge is 0.493 e. The predicted octanol–water partition coefficient (Wildman–Crippen LogP) is 3.00. The second kappa shape index (κ2) is 3.96. The summed E-state index contributed by atoms with van der Waals surface area (Å²) in [5.41, 5.74) is 2.20. The van der Waals surface area contributed by atoms with Crippen LogP contribution >= 0.6 is 0 Å². The van der Waals surface area contributed by atoms with Gasteiger partial charge in [0.05, 0.1) is 19.0 Å². The van der Waals surface area contributed by atoms with Gasteiger partial charge in [-0.05, 0) is 45.6 Å². The van der Waals surface area contributed by atoms with Gasteiger partial charge in [0.15, 0.2) is 5.75 Å². The van der Waals surface area contributed by atoms with Crippen molar-refractivity contribution in [1.29, 1.82) is 0 Å². The molecule has 16 heavy (non-hydrogen) atoms. The number of hydrogen-bond acceptors (Lipinski definition) is 3. The van der Waals surface area contributed by atoms with Gasteiger partial charge in [-0.1, -0.05) is 0 Å².